The number of hydrogen-bond donors (Lipinski definition) is 0. The summed E-state index contributed by atoms with van der Waals surface area (Å²) < 4.78 is 5.06. The van der Waals surface area contributed by atoms with Crippen molar-refractivity contribution < 1.29 is 19.1 Å². The molecule has 2 heterocycles. The Labute approximate surface area is 176 Å². The number of piperidine rings is 1. The van der Waals surface area contributed by atoms with Crippen molar-refractivity contribution in [1.29, 1.82) is 0 Å². The molecular weight excluding hydrogens is 388 g/mol. The number of ether oxygens (including phenoxy) is 1. The second-order valence-corrected chi connectivity index (χ2v) is 8.63. The first-order chi connectivity index (χ1) is 13.9. The molecule has 2 aliphatic rings. The zero-order valence-corrected chi connectivity index (χ0v) is 18.3. The van der Waals surface area contributed by atoms with Crippen LogP contribution in [0.3, 0.4) is 0 Å². The van der Waals surface area contributed by atoms with Crippen LogP contribution in [0.4, 0.5) is 4.79 Å². The molecule has 29 heavy (non-hydrogen) atoms. The van der Waals surface area contributed by atoms with Crippen LogP contribution in [-0.2, 0) is 14.3 Å². The van der Waals surface area contributed by atoms with Crippen LogP contribution in [0.5, 0.6) is 0 Å². The predicted molar refractivity (Wildman–Crippen MR) is 114 cm³/mol. The standard InChI is InChI=1S/C22H28N2O4S/c1-5-28-22(27)23-11-9-16(10-12-23)24-20(25)18(19(21(24)26)29-6-2)17-8-7-14(3)13-15(17)4/h7-8,13,16H,5-6,9-12H2,1-4H3. The zero-order valence-electron chi connectivity index (χ0n) is 17.5. The SMILES string of the molecule is CCOC(=O)N1CCC(N2C(=O)C(SCC)=C(c3ccc(C)cc3C)C2=O)CC1. The monoisotopic (exact) mass is 416 g/mol. The Morgan fingerprint density at radius 1 is 1.14 bits per heavy atom. The number of thioether (sulfide) groups is 1. The van der Waals surface area contributed by atoms with Crippen molar-refractivity contribution in [3.05, 3.63) is 39.8 Å². The lowest BCUT2D eigenvalue weighted by Crippen LogP contribution is -2.49. The Bertz CT molecular complexity index is 856. The van der Waals surface area contributed by atoms with E-state index in [-0.39, 0.29) is 23.9 Å². The van der Waals surface area contributed by atoms with Gasteiger partial charge in [-0.05, 0) is 50.5 Å². The number of carbonyl (C=O) groups excluding carboxylic acids is 3. The fourth-order valence-corrected chi connectivity index (χ4v) is 4.84. The van der Waals surface area contributed by atoms with Crippen molar-refractivity contribution in [1.82, 2.24) is 9.80 Å². The van der Waals surface area contributed by atoms with Gasteiger partial charge >= 0.3 is 6.09 Å². The molecule has 1 aromatic rings. The van der Waals surface area contributed by atoms with E-state index in [0.29, 0.717) is 43.0 Å². The van der Waals surface area contributed by atoms with Crippen LogP contribution in [0.25, 0.3) is 5.57 Å². The number of carbonyl (C=O) groups is 3. The molecule has 2 aliphatic heterocycles. The minimum Gasteiger partial charge on any atom is -0.450 e. The van der Waals surface area contributed by atoms with E-state index in [2.05, 4.69) is 0 Å². The summed E-state index contributed by atoms with van der Waals surface area (Å²) in [7, 11) is 0. The van der Waals surface area contributed by atoms with Gasteiger partial charge in [0.2, 0.25) is 0 Å². The average Bonchev–Trinajstić information content (AvgIpc) is 2.93. The van der Waals surface area contributed by atoms with Gasteiger partial charge in [-0.3, -0.25) is 14.5 Å². The maximum atomic E-state index is 13.4. The van der Waals surface area contributed by atoms with Gasteiger partial charge in [0, 0.05) is 19.1 Å². The summed E-state index contributed by atoms with van der Waals surface area (Å²) in [4.78, 5) is 42.1. The number of amides is 3. The Hall–Kier alpha value is -2.28. The normalized spacial score (nSPS) is 18.1. The number of likely N-dealkylation sites (tertiary alicyclic amines) is 1. The molecule has 0 aliphatic carbocycles. The highest BCUT2D eigenvalue weighted by molar-refractivity contribution is 8.04. The van der Waals surface area contributed by atoms with Crippen molar-refractivity contribution in [2.75, 3.05) is 25.4 Å². The number of nitrogens with zero attached hydrogens (tertiary/aromatic N) is 2. The lowest BCUT2D eigenvalue weighted by molar-refractivity contribution is -0.140. The number of rotatable bonds is 5. The molecule has 0 aromatic heterocycles. The van der Waals surface area contributed by atoms with E-state index in [0.717, 1.165) is 22.4 Å². The molecule has 0 N–H and O–H groups in total. The molecule has 0 spiro atoms. The molecule has 0 bridgehead atoms. The van der Waals surface area contributed by atoms with Crippen molar-refractivity contribution in [3.8, 4) is 0 Å². The highest BCUT2D eigenvalue weighted by atomic mass is 32.2. The van der Waals surface area contributed by atoms with Crippen LogP contribution < -0.4 is 0 Å². The van der Waals surface area contributed by atoms with E-state index in [9.17, 15) is 14.4 Å². The summed E-state index contributed by atoms with van der Waals surface area (Å²) in [6.45, 7) is 9.04. The van der Waals surface area contributed by atoms with Gasteiger partial charge in [0.05, 0.1) is 17.1 Å². The molecule has 0 atom stereocenters. The summed E-state index contributed by atoms with van der Waals surface area (Å²) in [6.07, 6.45) is 0.808. The summed E-state index contributed by atoms with van der Waals surface area (Å²) in [5.41, 5.74) is 3.47. The molecule has 156 valence electrons. The van der Waals surface area contributed by atoms with Crippen LogP contribution in [0.1, 0.15) is 43.4 Å². The quantitative estimate of drug-likeness (QED) is 0.684. The molecule has 7 heteroatoms. The first-order valence-corrected chi connectivity index (χ1v) is 11.1. The minimum atomic E-state index is -0.332. The number of imide groups is 1. The first-order valence-electron chi connectivity index (χ1n) is 10.1. The van der Waals surface area contributed by atoms with Crippen molar-refractivity contribution in [2.24, 2.45) is 0 Å². The summed E-state index contributed by atoms with van der Waals surface area (Å²) >= 11 is 1.43. The van der Waals surface area contributed by atoms with Crippen molar-refractivity contribution in [2.45, 2.75) is 46.6 Å². The molecule has 1 aromatic carbocycles. The zero-order chi connectivity index (χ0) is 21.1. The molecule has 0 saturated carbocycles. The molecule has 1 fully saturated rings. The fraction of sp³-hybridized carbons (Fsp3) is 0.500. The Kier molecular flexibility index (Phi) is 6.67. The molecule has 3 amide bonds. The maximum absolute atomic E-state index is 13.4. The maximum Gasteiger partial charge on any atom is 0.409 e. The third kappa shape index (κ3) is 4.20. The second kappa shape index (κ2) is 9.03. The van der Waals surface area contributed by atoms with Gasteiger partial charge < -0.3 is 9.64 Å². The van der Waals surface area contributed by atoms with Gasteiger partial charge in [0.1, 0.15) is 0 Å². The first kappa shape index (κ1) is 21.4. The predicted octanol–water partition coefficient (Wildman–Crippen LogP) is 3.76. The Morgan fingerprint density at radius 2 is 1.83 bits per heavy atom. The number of benzene rings is 1. The molecule has 0 unspecified atom stereocenters. The van der Waals surface area contributed by atoms with Crippen LogP contribution in [-0.4, -0.2) is 59.2 Å². The van der Waals surface area contributed by atoms with Crippen molar-refractivity contribution >= 4 is 35.2 Å². The van der Waals surface area contributed by atoms with Gasteiger partial charge in [-0.15, -0.1) is 11.8 Å². The number of aryl methyl sites for hydroxylation is 2. The van der Waals surface area contributed by atoms with E-state index in [1.165, 1.54) is 16.7 Å². The summed E-state index contributed by atoms with van der Waals surface area (Å²) in [5.74, 6) is 0.302. The second-order valence-electron chi connectivity index (χ2n) is 7.35. The van der Waals surface area contributed by atoms with Crippen LogP contribution >= 0.6 is 11.8 Å². The van der Waals surface area contributed by atoms with Gasteiger partial charge in [-0.25, -0.2) is 4.79 Å². The van der Waals surface area contributed by atoms with Gasteiger partial charge in [-0.1, -0.05) is 30.7 Å². The van der Waals surface area contributed by atoms with Gasteiger partial charge in [0.25, 0.3) is 11.8 Å². The smallest absolute Gasteiger partial charge is 0.409 e. The number of hydrogen-bond acceptors (Lipinski definition) is 5. The third-order valence-electron chi connectivity index (χ3n) is 5.37. The molecule has 3 rings (SSSR count). The highest BCUT2D eigenvalue weighted by Crippen LogP contribution is 2.39. The van der Waals surface area contributed by atoms with Crippen LogP contribution in [0.15, 0.2) is 23.1 Å². The van der Waals surface area contributed by atoms with E-state index in [1.807, 2.05) is 39.0 Å². The fourth-order valence-electron chi connectivity index (χ4n) is 3.99. The average molecular weight is 417 g/mol. The molecule has 1 saturated heterocycles. The van der Waals surface area contributed by atoms with Crippen molar-refractivity contribution in [3.63, 3.8) is 0 Å². The highest BCUT2D eigenvalue weighted by Gasteiger charge is 2.44. The topological polar surface area (TPSA) is 66.9 Å². The Balaban J connectivity index is 1.84. The van der Waals surface area contributed by atoms with Gasteiger partial charge in [-0.2, -0.15) is 0 Å². The lowest BCUT2D eigenvalue weighted by Gasteiger charge is -2.35. The Morgan fingerprint density at radius 3 is 2.41 bits per heavy atom. The molecule has 6 nitrogen and oxygen atoms in total. The minimum absolute atomic E-state index is 0.198. The lowest BCUT2D eigenvalue weighted by atomic mass is 9.98. The van der Waals surface area contributed by atoms with E-state index >= 15 is 0 Å². The summed E-state index contributed by atoms with van der Waals surface area (Å²) in [5, 5.41) is 0. The molecule has 0 radical (unpaired) electrons. The van der Waals surface area contributed by atoms with Crippen LogP contribution in [0.2, 0.25) is 0 Å². The molecular formula is C22H28N2O4S. The van der Waals surface area contributed by atoms with E-state index in [4.69, 9.17) is 4.74 Å². The van der Waals surface area contributed by atoms with Crippen LogP contribution in [0, 0.1) is 13.8 Å². The third-order valence-corrected chi connectivity index (χ3v) is 6.32. The summed E-state index contributed by atoms with van der Waals surface area (Å²) in [6, 6.07) is 5.75. The van der Waals surface area contributed by atoms with E-state index < -0.39 is 0 Å². The largest absolute Gasteiger partial charge is 0.450 e. The van der Waals surface area contributed by atoms with Gasteiger partial charge in [0.15, 0.2) is 0 Å². The van der Waals surface area contributed by atoms with E-state index in [1.54, 1.807) is 11.8 Å².